The average Bonchev–Trinajstić information content (AvgIpc) is 2.71. The van der Waals surface area contributed by atoms with E-state index in [0.29, 0.717) is 11.8 Å². The van der Waals surface area contributed by atoms with Gasteiger partial charge in [-0.05, 0) is 47.3 Å². The molecular weight excluding hydrogens is 354 g/mol. The van der Waals surface area contributed by atoms with Crippen LogP contribution in [-0.2, 0) is 9.47 Å². The molecule has 1 heterocycles. The number of carbonyl (C=O) groups excluding carboxylic acids is 2. The molecule has 1 aromatic rings. The zero-order valence-electron chi connectivity index (χ0n) is 18.8. The summed E-state index contributed by atoms with van der Waals surface area (Å²) in [4.78, 5) is 28.5. The Kier molecular flexibility index (Phi) is 9.12. The highest BCUT2D eigenvalue weighted by molar-refractivity contribution is 5.91. The van der Waals surface area contributed by atoms with Crippen LogP contribution < -0.4 is 0 Å². The average molecular weight is 392 g/mol. The van der Waals surface area contributed by atoms with Crippen LogP contribution >= 0.6 is 0 Å². The Balaban J connectivity index is 3.61. The lowest BCUT2D eigenvalue weighted by molar-refractivity contribution is 0.0585. The number of aromatic nitrogens is 1. The number of methoxy groups -OCH3 is 2. The minimum absolute atomic E-state index is 0.152. The van der Waals surface area contributed by atoms with E-state index in [1.54, 1.807) is 12.1 Å². The van der Waals surface area contributed by atoms with Gasteiger partial charge in [-0.2, -0.15) is 0 Å². The first-order valence-electron chi connectivity index (χ1n) is 10.3. The number of hydrogen-bond donors (Lipinski definition) is 0. The molecule has 0 aliphatic heterocycles. The zero-order chi connectivity index (χ0) is 21.5. The van der Waals surface area contributed by atoms with Crippen LogP contribution in [0.25, 0.3) is 0 Å². The first-order valence-corrected chi connectivity index (χ1v) is 10.3. The Morgan fingerprint density at radius 1 is 1.00 bits per heavy atom. The number of rotatable bonds is 10. The van der Waals surface area contributed by atoms with Crippen LogP contribution in [0.4, 0.5) is 0 Å². The molecule has 158 valence electrons. The van der Waals surface area contributed by atoms with Crippen molar-refractivity contribution in [2.75, 3.05) is 14.2 Å². The van der Waals surface area contributed by atoms with Crippen LogP contribution in [0, 0.1) is 17.3 Å². The summed E-state index contributed by atoms with van der Waals surface area (Å²) in [7, 11) is 2.64. The lowest BCUT2D eigenvalue weighted by atomic mass is 9.67. The molecule has 0 amide bonds. The van der Waals surface area contributed by atoms with E-state index >= 15 is 0 Å². The zero-order valence-corrected chi connectivity index (χ0v) is 18.8. The number of ether oxygens (including phenoxy) is 2. The summed E-state index contributed by atoms with van der Waals surface area (Å²) in [6.45, 7) is 13.4. The number of esters is 2. The molecule has 1 aromatic heterocycles. The molecule has 0 saturated carbocycles. The van der Waals surface area contributed by atoms with Crippen LogP contribution in [0.3, 0.4) is 0 Å². The van der Waals surface area contributed by atoms with Crippen molar-refractivity contribution in [3.8, 4) is 0 Å². The van der Waals surface area contributed by atoms with E-state index in [1.165, 1.54) is 14.2 Å². The van der Waals surface area contributed by atoms with Crippen LogP contribution in [0.2, 0.25) is 0 Å². The third kappa shape index (κ3) is 5.79. The summed E-state index contributed by atoms with van der Waals surface area (Å²) in [5.41, 5.74) is 1.45. The standard InChI is InChI=1S/C23H37NO4/c1-9-17(15(4)5)18(14-23(6,10-2)11-3)16-12-19(21(25)27-7)24-20(13-16)22(26)28-8/h12-13,15,17-18H,9-11,14H2,1-8H3. The van der Waals surface area contributed by atoms with Crippen molar-refractivity contribution in [3.63, 3.8) is 0 Å². The smallest absolute Gasteiger partial charge is 0.356 e. The summed E-state index contributed by atoms with van der Waals surface area (Å²) < 4.78 is 9.73. The van der Waals surface area contributed by atoms with E-state index in [-0.39, 0.29) is 22.7 Å². The van der Waals surface area contributed by atoms with Gasteiger partial charge < -0.3 is 9.47 Å². The van der Waals surface area contributed by atoms with Crippen LogP contribution in [0.15, 0.2) is 12.1 Å². The number of carbonyl (C=O) groups is 2. The summed E-state index contributed by atoms with van der Waals surface area (Å²) in [6, 6.07) is 3.58. The van der Waals surface area contributed by atoms with Crippen molar-refractivity contribution in [2.45, 2.75) is 73.1 Å². The monoisotopic (exact) mass is 391 g/mol. The lowest BCUT2D eigenvalue weighted by Crippen LogP contribution is -2.26. The fourth-order valence-corrected chi connectivity index (χ4v) is 3.99. The molecular formula is C23H37NO4. The predicted octanol–water partition coefficient (Wildman–Crippen LogP) is 5.64. The number of nitrogens with zero attached hydrogens (tertiary/aromatic N) is 1. The number of pyridine rings is 1. The van der Waals surface area contributed by atoms with Gasteiger partial charge in [0, 0.05) is 0 Å². The van der Waals surface area contributed by atoms with E-state index in [2.05, 4.69) is 46.5 Å². The molecule has 0 N–H and O–H groups in total. The van der Waals surface area contributed by atoms with Crippen molar-refractivity contribution in [1.82, 2.24) is 4.98 Å². The summed E-state index contributed by atoms with van der Waals surface area (Å²) >= 11 is 0. The van der Waals surface area contributed by atoms with Crippen molar-refractivity contribution in [3.05, 3.63) is 29.1 Å². The summed E-state index contributed by atoms with van der Waals surface area (Å²) in [6.07, 6.45) is 4.16. The van der Waals surface area contributed by atoms with Gasteiger partial charge in [0.15, 0.2) is 0 Å². The molecule has 0 radical (unpaired) electrons. The molecule has 2 unspecified atom stereocenters. The Hall–Kier alpha value is -1.91. The molecule has 1 rings (SSSR count). The Morgan fingerprint density at radius 3 is 1.79 bits per heavy atom. The van der Waals surface area contributed by atoms with Crippen molar-refractivity contribution in [1.29, 1.82) is 0 Å². The third-order valence-corrected chi connectivity index (χ3v) is 6.33. The van der Waals surface area contributed by atoms with Gasteiger partial charge in [-0.3, -0.25) is 0 Å². The van der Waals surface area contributed by atoms with E-state index in [4.69, 9.17) is 9.47 Å². The van der Waals surface area contributed by atoms with Gasteiger partial charge in [-0.15, -0.1) is 0 Å². The lowest BCUT2D eigenvalue weighted by Gasteiger charge is -2.37. The normalized spacial score (nSPS) is 13.9. The van der Waals surface area contributed by atoms with Crippen molar-refractivity contribution < 1.29 is 19.1 Å². The molecule has 0 aliphatic rings. The van der Waals surface area contributed by atoms with E-state index in [0.717, 1.165) is 31.2 Å². The Morgan fingerprint density at radius 2 is 1.46 bits per heavy atom. The molecule has 0 aliphatic carbocycles. The predicted molar refractivity (Wildman–Crippen MR) is 112 cm³/mol. The second-order valence-electron chi connectivity index (χ2n) is 8.30. The fraction of sp³-hybridized carbons (Fsp3) is 0.696. The molecule has 5 heteroatoms. The highest BCUT2D eigenvalue weighted by Gasteiger charge is 2.33. The third-order valence-electron chi connectivity index (χ3n) is 6.33. The van der Waals surface area contributed by atoms with Gasteiger partial charge in [0.1, 0.15) is 11.4 Å². The summed E-state index contributed by atoms with van der Waals surface area (Å²) in [5, 5.41) is 0. The highest BCUT2D eigenvalue weighted by atomic mass is 16.5. The summed E-state index contributed by atoms with van der Waals surface area (Å²) in [5.74, 6) is 0.0269. The molecule has 0 bridgehead atoms. The van der Waals surface area contributed by atoms with Crippen molar-refractivity contribution in [2.24, 2.45) is 17.3 Å². The van der Waals surface area contributed by atoms with Crippen molar-refractivity contribution >= 4 is 11.9 Å². The minimum atomic E-state index is -0.544. The topological polar surface area (TPSA) is 65.5 Å². The fourth-order valence-electron chi connectivity index (χ4n) is 3.99. The van der Waals surface area contributed by atoms with Gasteiger partial charge in [0.05, 0.1) is 14.2 Å². The molecule has 2 atom stereocenters. The Bertz CT molecular complexity index is 630. The van der Waals surface area contributed by atoms with E-state index < -0.39 is 11.9 Å². The quantitative estimate of drug-likeness (QED) is 0.483. The maximum Gasteiger partial charge on any atom is 0.356 e. The first kappa shape index (κ1) is 24.1. The molecule has 28 heavy (non-hydrogen) atoms. The highest BCUT2D eigenvalue weighted by Crippen LogP contribution is 2.44. The molecule has 0 aromatic carbocycles. The molecule has 0 fully saturated rings. The molecule has 0 spiro atoms. The van der Waals surface area contributed by atoms with E-state index in [1.807, 2.05) is 0 Å². The van der Waals surface area contributed by atoms with Crippen LogP contribution in [0.5, 0.6) is 0 Å². The van der Waals surface area contributed by atoms with Crippen LogP contribution in [-0.4, -0.2) is 31.1 Å². The maximum atomic E-state index is 12.2. The van der Waals surface area contributed by atoms with Crippen LogP contribution in [0.1, 0.15) is 99.7 Å². The second kappa shape index (κ2) is 10.6. The number of hydrogen-bond acceptors (Lipinski definition) is 5. The molecule has 5 nitrogen and oxygen atoms in total. The first-order chi connectivity index (χ1) is 13.2. The SMILES string of the molecule is CCC(C(C)C)C(CC(C)(CC)CC)c1cc(C(=O)OC)nc(C(=O)OC)c1. The van der Waals surface area contributed by atoms with Gasteiger partial charge in [0.25, 0.3) is 0 Å². The van der Waals surface area contributed by atoms with Gasteiger partial charge >= 0.3 is 11.9 Å². The largest absolute Gasteiger partial charge is 0.464 e. The molecule has 0 saturated heterocycles. The van der Waals surface area contributed by atoms with E-state index in [9.17, 15) is 9.59 Å². The van der Waals surface area contributed by atoms with Gasteiger partial charge in [-0.1, -0.05) is 60.8 Å². The van der Waals surface area contributed by atoms with Gasteiger partial charge in [0.2, 0.25) is 0 Å². The Labute approximate surface area is 170 Å². The van der Waals surface area contributed by atoms with Gasteiger partial charge in [-0.25, -0.2) is 14.6 Å². The minimum Gasteiger partial charge on any atom is -0.464 e. The maximum absolute atomic E-state index is 12.2. The second-order valence-corrected chi connectivity index (χ2v) is 8.30.